The van der Waals surface area contributed by atoms with Crippen LogP contribution in [0.2, 0.25) is 0 Å². The topological polar surface area (TPSA) is 80.5 Å². The minimum atomic E-state index is -3.31. The van der Waals surface area contributed by atoms with Gasteiger partial charge in [0.2, 0.25) is 10.0 Å². The lowest BCUT2D eigenvalue weighted by molar-refractivity contribution is 0.102. The summed E-state index contributed by atoms with van der Waals surface area (Å²) in [6.45, 7) is 0.479. The molecule has 1 aliphatic rings. The second-order valence-electron chi connectivity index (χ2n) is 6.44. The van der Waals surface area contributed by atoms with Crippen molar-refractivity contribution in [2.24, 2.45) is 0 Å². The highest BCUT2D eigenvalue weighted by Gasteiger charge is 2.24. The number of ketones is 1. The van der Waals surface area contributed by atoms with E-state index < -0.39 is 10.0 Å². The standard InChI is InChI=1S/C19H18N2O4S2/c1-27(23,24)21-10-4-5-13-11-14(8-9-16(13)21)17(22)12-26-19-20-15-6-2-3-7-18(15)25-19/h2-3,6-9,11H,4-5,10,12H2,1H3. The second-order valence-corrected chi connectivity index (χ2v) is 9.27. The Hall–Kier alpha value is -2.32. The zero-order valence-electron chi connectivity index (χ0n) is 14.7. The maximum atomic E-state index is 12.6. The van der Waals surface area contributed by atoms with Gasteiger partial charge < -0.3 is 4.42 Å². The molecule has 0 fully saturated rings. The molecule has 0 amide bonds. The lowest BCUT2D eigenvalue weighted by Gasteiger charge is -2.29. The molecule has 3 aromatic rings. The third kappa shape index (κ3) is 3.72. The van der Waals surface area contributed by atoms with Crippen molar-refractivity contribution in [1.82, 2.24) is 4.98 Å². The number of benzene rings is 2. The molecule has 0 saturated heterocycles. The molecular weight excluding hydrogens is 384 g/mol. The fourth-order valence-corrected chi connectivity index (χ4v) is 4.93. The first-order valence-electron chi connectivity index (χ1n) is 8.54. The van der Waals surface area contributed by atoms with Crippen LogP contribution in [0.15, 0.2) is 52.1 Å². The van der Waals surface area contributed by atoms with Crippen LogP contribution in [0.3, 0.4) is 0 Å². The molecule has 27 heavy (non-hydrogen) atoms. The molecule has 0 radical (unpaired) electrons. The van der Waals surface area contributed by atoms with Crippen molar-refractivity contribution in [2.45, 2.75) is 18.1 Å². The molecule has 2 heterocycles. The summed E-state index contributed by atoms with van der Waals surface area (Å²) >= 11 is 1.26. The van der Waals surface area contributed by atoms with Crippen molar-refractivity contribution < 1.29 is 17.6 Å². The van der Waals surface area contributed by atoms with Gasteiger partial charge in [-0.05, 0) is 48.7 Å². The van der Waals surface area contributed by atoms with Gasteiger partial charge in [0.15, 0.2) is 11.4 Å². The number of oxazole rings is 1. The third-order valence-corrected chi connectivity index (χ3v) is 6.49. The molecule has 0 unspecified atom stereocenters. The van der Waals surface area contributed by atoms with Crippen molar-refractivity contribution in [3.05, 3.63) is 53.6 Å². The van der Waals surface area contributed by atoms with E-state index in [1.54, 1.807) is 12.1 Å². The Balaban J connectivity index is 1.51. The Morgan fingerprint density at radius 1 is 1.26 bits per heavy atom. The van der Waals surface area contributed by atoms with E-state index in [9.17, 15) is 13.2 Å². The van der Waals surface area contributed by atoms with Gasteiger partial charge >= 0.3 is 0 Å². The number of para-hydroxylation sites is 2. The van der Waals surface area contributed by atoms with Crippen LogP contribution in [0, 0.1) is 0 Å². The molecule has 0 bridgehead atoms. The van der Waals surface area contributed by atoms with Gasteiger partial charge in [-0.15, -0.1) is 0 Å². The number of thioether (sulfide) groups is 1. The quantitative estimate of drug-likeness (QED) is 0.480. The Morgan fingerprint density at radius 2 is 2.07 bits per heavy atom. The van der Waals surface area contributed by atoms with E-state index in [0.717, 1.165) is 23.9 Å². The van der Waals surface area contributed by atoms with Gasteiger partial charge in [-0.3, -0.25) is 9.10 Å². The molecule has 8 heteroatoms. The molecule has 1 aromatic heterocycles. The number of Topliss-reactive ketones (excluding diaryl/α,β-unsaturated/α-hetero) is 1. The minimum absolute atomic E-state index is 0.0402. The summed E-state index contributed by atoms with van der Waals surface area (Å²) in [6, 6.07) is 12.7. The summed E-state index contributed by atoms with van der Waals surface area (Å²) in [5.41, 5.74) is 3.60. The smallest absolute Gasteiger partial charge is 0.257 e. The van der Waals surface area contributed by atoms with Crippen LogP contribution in [0.1, 0.15) is 22.3 Å². The number of nitrogens with zero attached hydrogens (tertiary/aromatic N) is 2. The van der Waals surface area contributed by atoms with E-state index in [1.807, 2.05) is 30.3 Å². The molecular formula is C19H18N2O4S2. The average Bonchev–Trinajstić information content (AvgIpc) is 3.07. The Labute approximate surface area is 161 Å². The molecule has 0 atom stereocenters. The fraction of sp³-hybridized carbons (Fsp3) is 0.263. The molecule has 0 saturated carbocycles. The third-order valence-electron chi connectivity index (χ3n) is 4.48. The summed E-state index contributed by atoms with van der Waals surface area (Å²) < 4.78 is 30.9. The molecule has 4 rings (SSSR count). The number of rotatable bonds is 5. The highest BCUT2D eigenvalue weighted by atomic mass is 32.2. The van der Waals surface area contributed by atoms with Crippen molar-refractivity contribution >= 4 is 44.4 Å². The van der Waals surface area contributed by atoms with Crippen LogP contribution >= 0.6 is 11.8 Å². The van der Waals surface area contributed by atoms with Gasteiger partial charge in [0.1, 0.15) is 5.52 Å². The number of anilines is 1. The number of hydrogen-bond acceptors (Lipinski definition) is 6. The van der Waals surface area contributed by atoms with Crippen LogP contribution in [-0.2, 0) is 16.4 Å². The normalized spacial score (nSPS) is 14.3. The van der Waals surface area contributed by atoms with E-state index in [0.29, 0.717) is 28.6 Å². The minimum Gasteiger partial charge on any atom is -0.431 e. The van der Waals surface area contributed by atoms with Gasteiger partial charge in [-0.1, -0.05) is 23.9 Å². The van der Waals surface area contributed by atoms with Gasteiger partial charge in [-0.25, -0.2) is 13.4 Å². The summed E-state index contributed by atoms with van der Waals surface area (Å²) in [4.78, 5) is 16.9. The van der Waals surface area contributed by atoms with Gasteiger partial charge in [0.05, 0.1) is 17.7 Å². The number of sulfonamides is 1. The lowest BCUT2D eigenvalue weighted by Crippen LogP contribution is -2.34. The van der Waals surface area contributed by atoms with Gasteiger partial charge in [0, 0.05) is 12.1 Å². The number of hydrogen-bond donors (Lipinski definition) is 0. The summed E-state index contributed by atoms with van der Waals surface area (Å²) in [5, 5.41) is 0.464. The van der Waals surface area contributed by atoms with Crippen molar-refractivity contribution in [1.29, 1.82) is 0 Å². The highest BCUT2D eigenvalue weighted by molar-refractivity contribution is 7.99. The number of carbonyl (C=O) groups excluding carboxylic acids is 1. The molecule has 0 aliphatic carbocycles. The molecule has 6 nitrogen and oxygen atoms in total. The number of fused-ring (bicyclic) bond motifs is 2. The van der Waals surface area contributed by atoms with Crippen LogP contribution in [0.25, 0.3) is 11.1 Å². The first-order chi connectivity index (χ1) is 12.9. The Morgan fingerprint density at radius 3 is 2.85 bits per heavy atom. The summed E-state index contributed by atoms with van der Waals surface area (Å²) in [5.74, 6) is 0.169. The lowest BCUT2D eigenvalue weighted by atomic mass is 9.99. The van der Waals surface area contributed by atoms with E-state index in [-0.39, 0.29) is 11.5 Å². The van der Waals surface area contributed by atoms with E-state index in [2.05, 4.69) is 4.98 Å². The molecule has 0 spiro atoms. The van der Waals surface area contributed by atoms with Crippen molar-refractivity contribution in [2.75, 3.05) is 22.9 Å². The second kappa shape index (κ2) is 7.01. The maximum Gasteiger partial charge on any atom is 0.257 e. The molecule has 140 valence electrons. The predicted octanol–water partition coefficient (Wildman–Crippen LogP) is 3.52. The Kier molecular flexibility index (Phi) is 4.69. The molecule has 1 aliphatic heterocycles. The van der Waals surface area contributed by atoms with E-state index >= 15 is 0 Å². The average molecular weight is 402 g/mol. The highest BCUT2D eigenvalue weighted by Crippen LogP contribution is 2.30. The van der Waals surface area contributed by atoms with Gasteiger partial charge in [0.25, 0.3) is 5.22 Å². The van der Waals surface area contributed by atoms with E-state index in [4.69, 9.17) is 4.42 Å². The maximum absolute atomic E-state index is 12.6. The van der Waals surface area contributed by atoms with Crippen molar-refractivity contribution in [3.8, 4) is 0 Å². The SMILES string of the molecule is CS(=O)(=O)N1CCCc2cc(C(=O)CSc3nc4ccccc4o3)ccc21. The zero-order chi connectivity index (χ0) is 19.0. The Bertz CT molecular complexity index is 1090. The fourth-order valence-electron chi connectivity index (χ4n) is 3.20. The number of aryl methyl sites for hydroxylation is 1. The van der Waals surface area contributed by atoms with Crippen LogP contribution < -0.4 is 4.31 Å². The first kappa shape index (κ1) is 18.1. The summed E-state index contributed by atoms with van der Waals surface area (Å²) in [6.07, 6.45) is 2.72. The first-order valence-corrected chi connectivity index (χ1v) is 11.4. The largest absolute Gasteiger partial charge is 0.431 e. The van der Waals surface area contributed by atoms with Crippen LogP contribution in [0.5, 0.6) is 0 Å². The summed E-state index contributed by atoms with van der Waals surface area (Å²) in [7, 11) is -3.31. The monoisotopic (exact) mass is 402 g/mol. The number of carbonyl (C=O) groups is 1. The molecule has 0 N–H and O–H groups in total. The van der Waals surface area contributed by atoms with Crippen LogP contribution in [0.4, 0.5) is 5.69 Å². The zero-order valence-corrected chi connectivity index (χ0v) is 16.3. The van der Waals surface area contributed by atoms with Crippen molar-refractivity contribution in [3.63, 3.8) is 0 Å². The van der Waals surface area contributed by atoms with E-state index in [1.165, 1.54) is 22.3 Å². The molecule has 2 aromatic carbocycles. The van der Waals surface area contributed by atoms with Crippen LogP contribution in [-0.4, -0.2) is 37.7 Å². The van der Waals surface area contributed by atoms with Gasteiger partial charge in [-0.2, -0.15) is 0 Å². The predicted molar refractivity (Wildman–Crippen MR) is 106 cm³/mol. The number of aromatic nitrogens is 1.